The molecule has 0 saturated heterocycles. The summed E-state index contributed by atoms with van der Waals surface area (Å²) in [6.45, 7) is 3.44. The Hall–Kier alpha value is -1.44. The summed E-state index contributed by atoms with van der Waals surface area (Å²) in [4.78, 5) is -0.542. The van der Waals surface area contributed by atoms with Crippen LogP contribution in [0.5, 0.6) is 0 Å². The van der Waals surface area contributed by atoms with Crippen LogP contribution in [0.1, 0.15) is 24.2 Å². The van der Waals surface area contributed by atoms with Gasteiger partial charge >= 0.3 is 0 Å². The van der Waals surface area contributed by atoms with E-state index in [4.69, 9.17) is 11.6 Å². The van der Waals surface area contributed by atoms with Gasteiger partial charge in [-0.3, -0.25) is 4.68 Å². The summed E-state index contributed by atoms with van der Waals surface area (Å²) in [5, 5.41) is 4.00. The molecule has 1 heterocycles. The molecule has 0 aliphatic rings. The van der Waals surface area contributed by atoms with Crippen molar-refractivity contribution in [2.45, 2.75) is 24.8 Å². The summed E-state index contributed by atoms with van der Waals surface area (Å²) < 4.78 is 42.4. The Kier molecular flexibility index (Phi) is 4.36. The average Bonchev–Trinajstić information content (AvgIpc) is 2.67. The maximum atomic E-state index is 13.8. The smallest absolute Gasteiger partial charge is 0.245 e. The van der Waals surface area contributed by atoms with Crippen molar-refractivity contribution in [1.29, 1.82) is 0 Å². The Bertz CT molecular complexity index is 753. The van der Waals surface area contributed by atoms with Crippen LogP contribution < -0.4 is 4.72 Å². The van der Waals surface area contributed by atoms with Crippen molar-refractivity contribution in [2.75, 3.05) is 0 Å². The fourth-order valence-electron chi connectivity index (χ4n) is 2.14. The van der Waals surface area contributed by atoms with E-state index >= 15 is 0 Å². The van der Waals surface area contributed by atoms with Crippen LogP contribution in [0.15, 0.2) is 29.3 Å². The number of nitrogens with one attached hydrogen (secondary N) is 1. The van der Waals surface area contributed by atoms with Gasteiger partial charge < -0.3 is 0 Å². The Morgan fingerprint density at radius 2 is 2.10 bits per heavy atom. The summed E-state index contributed by atoms with van der Waals surface area (Å²) in [5.74, 6) is -0.884. The molecule has 1 aromatic heterocycles. The molecule has 2 aromatic rings. The average molecular weight is 332 g/mol. The van der Waals surface area contributed by atoms with Crippen LogP contribution in [-0.2, 0) is 17.1 Å². The number of hydrogen-bond donors (Lipinski definition) is 1. The molecule has 114 valence electrons. The van der Waals surface area contributed by atoms with Gasteiger partial charge in [0.15, 0.2) is 0 Å². The lowest BCUT2D eigenvalue weighted by molar-refractivity contribution is 0.547. The zero-order valence-corrected chi connectivity index (χ0v) is 13.3. The van der Waals surface area contributed by atoms with Crippen molar-refractivity contribution in [1.82, 2.24) is 14.5 Å². The van der Waals surface area contributed by atoms with Crippen molar-refractivity contribution in [3.8, 4) is 0 Å². The Morgan fingerprint density at radius 3 is 2.62 bits per heavy atom. The second kappa shape index (κ2) is 5.75. The quantitative estimate of drug-likeness (QED) is 0.936. The van der Waals surface area contributed by atoms with Crippen LogP contribution in [0, 0.1) is 12.7 Å². The molecule has 1 N–H and O–H groups in total. The van der Waals surface area contributed by atoms with Gasteiger partial charge in [-0.05, 0) is 26.0 Å². The van der Waals surface area contributed by atoms with Crippen molar-refractivity contribution >= 4 is 21.6 Å². The molecule has 0 aliphatic carbocycles. The molecule has 2 rings (SSSR count). The minimum absolute atomic E-state index is 0.155. The van der Waals surface area contributed by atoms with Gasteiger partial charge in [-0.25, -0.2) is 17.5 Å². The van der Waals surface area contributed by atoms with E-state index in [0.717, 1.165) is 6.07 Å². The molecular formula is C13H15ClFN3O2S. The lowest BCUT2D eigenvalue weighted by Crippen LogP contribution is -2.28. The number of sulfonamides is 1. The van der Waals surface area contributed by atoms with Crippen LogP contribution in [0.4, 0.5) is 4.39 Å². The van der Waals surface area contributed by atoms with Gasteiger partial charge in [0, 0.05) is 24.8 Å². The molecule has 1 atom stereocenters. The molecule has 21 heavy (non-hydrogen) atoms. The van der Waals surface area contributed by atoms with Gasteiger partial charge in [-0.15, -0.1) is 0 Å². The number of nitrogens with zero attached hydrogens (tertiary/aromatic N) is 2. The van der Waals surface area contributed by atoms with Crippen LogP contribution in [0.2, 0.25) is 5.02 Å². The minimum atomic E-state index is -4.07. The van der Waals surface area contributed by atoms with Crippen molar-refractivity contribution in [3.63, 3.8) is 0 Å². The number of aryl methyl sites for hydroxylation is 2. The first-order valence-corrected chi connectivity index (χ1v) is 8.05. The summed E-state index contributed by atoms with van der Waals surface area (Å²) in [6, 6.07) is 3.18. The molecular weight excluding hydrogens is 317 g/mol. The normalized spacial score (nSPS) is 13.4. The van der Waals surface area contributed by atoms with Crippen LogP contribution in [0.3, 0.4) is 0 Å². The first-order chi connectivity index (χ1) is 9.72. The standard InChI is InChI=1S/C13H15ClFN3O2S/c1-8-10(7-18(3)16-8)9(2)17-21(19,20)13-11(14)5-4-6-12(13)15/h4-7,9,17H,1-3H3/t9-/m1/s1. The maximum absolute atomic E-state index is 13.8. The van der Waals surface area contributed by atoms with Gasteiger partial charge in [-0.2, -0.15) is 5.10 Å². The zero-order chi connectivity index (χ0) is 15.8. The predicted molar refractivity (Wildman–Crippen MR) is 78.1 cm³/mol. The van der Waals surface area contributed by atoms with E-state index in [0.29, 0.717) is 11.3 Å². The fraction of sp³-hybridized carbons (Fsp3) is 0.308. The molecule has 0 aliphatic heterocycles. The first kappa shape index (κ1) is 15.9. The van der Waals surface area contributed by atoms with E-state index in [1.807, 2.05) is 0 Å². The number of halogens is 2. The Labute approximate surface area is 127 Å². The highest BCUT2D eigenvalue weighted by Gasteiger charge is 2.26. The molecule has 8 heteroatoms. The van der Waals surface area contributed by atoms with E-state index in [-0.39, 0.29) is 5.02 Å². The van der Waals surface area contributed by atoms with Crippen LogP contribution in [-0.4, -0.2) is 18.2 Å². The largest absolute Gasteiger partial charge is 0.275 e. The third-order valence-electron chi connectivity index (χ3n) is 3.04. The molecule has 0 fully saturated rings. The third-order valence-corrected chi connectivity index (χ3v) is 5.08. The third kappa shape index (κ3) is 3.25. The number of rotatable bonds is 4. The monoisotopic (exact) mass is 331 g/mol. The lowest BCUT2D eigenvalue weighted by atomic mass is 10.1. The van der Waals surface area contributed by atoms with E-state index in [2.05, 4.69) is 9.82 Å². The molecule has 0 spiro atoms. The van der Waals surface area contributed by atoms with Gasteiger partial charge in [0.1, 0.15) is 10.7 Å². The zero-order valence-electron chi connectivity index (χ0n) is 11.8. The highest BCUT2D eigenvalue weighted by atomic mass is 35.5. The number of hydrogen-bond acceptors (Lipinski definition) is 3. The van der Waals surface area contributed by atoms with Crippen LogP contribution in [0.25, 0.3) is 0 Å². The van der Waals surface area contributed by atoms with Crippen molar-refractivity contribution in [3.05, 3.63) is 46.5 Å². The second-order valence-electron chi connectivity index (χ2n) is 4.74. The topological polar surface area (TPSA) is 64.0 Å². The van der Waals surface area contributed by atoms with Crippen molar-refractivity contribution < 1.29 is 12.8 Å². The van der Waals surface area contributed by atoms with Crippen molar-refractivity contribution in [2.24, 2.45) is 7.05 Å². The second-order valence-corrected chi connectivity index (χ2v) is 6.80. The van der Waals surface area contributed by atoms with E-state index in [1.165, 1.54) is 12.1 Å². The molecule has 0 radical (unpaired) electrons. The molecule has 5 nitrogen and oxygen atoms in total. The molecule has 1 aromatic carbocycles. The fourth-order valence-corrected chi connectivity index (χ4v) is 3.96. The highest BCUT2D eigenvalue weighted by molar-refractivity contribution is 7.89. The lowest BCUT2D eigenvalue weighted by Gasteiger charge is -2.15. The van der Waals surface area contributed by atoms with E-state index in [1.54, 1.807) is 31.8 Å². The first-order valence-electron chi connectivity index (χ1n) is 6.19. The summed E-state index contributed by atoms with van der Waals surface area (Å²) in [6.07, 6.45) is 1.71. The van der Waals surface area contributed by atoms with E-state index in [9.17, 15) is 12.8 Å². The van der Waals surface area contributed by atoms with E-state index < -0.39 is 26.8 Å². The Morgan fingerprint density at radius 1 is 1.43 bits per heavy atom. The molecule has 0 unspecified atom stereocenters. The van der Waals surface area contributed by atoms with Gasteiger partial charge in [-0.1, -0.05) is 17.7 Å². The number of aromatic nitrogens is 2. The summed E-state index contributed by atoms with van der Waals surface area (Å²) >= 11 is 5.80. The van der Waals surface area contributed by atoms with Gasteiger partial charge in [0.25, 0.3) is 0 Å². The summed E-state index contributed by atoms with van der Waals surface area (Å²) in [7, 11) is -2.33. The van der Waals surface area contributed by atoms with Gasteiger partial charge in [0.05, 0.1) is 10.7 Å². The van der Waals surface area contributed by atoms with Gasteiger partial charge in [0.2, 0.25) is 10.0 Å². The summed E-state index contributed by atoms with van der Waals surface area (Å²) in [5.41, 5.74) is 1.42. The minimum Gasteiger partial charge on any atom is -0.275 e. The highest BCUT2D eigenvalue weighted by Crippen LogP contribution is 2.26. The molecule has 0 amide bonds. The van der Waals surface area contributed by atoms with Crippen LogP contribution >= 0.6 is 11.6 Å². The number of benzene rings is 1. The SMILES string of the molecule is Cc1nn(C)cc1[C@@H](C)NS(=O)(=O)c1c(F)cccc1Cl. The Balaban J connectivity index is 2.36. The maximum Gasteiger partial charge on any atom is 0.245 e. The predicted octanol–water partition coefficient (Wildman–Crippen LogP) is 2.56. The molecule has 0 saturated carbocycles. The molecule has 0 bridgehead atoms.